The summed E-state index contributed by atoms with van der Waals surface area (Å²) in [4.78, 5) is 12.5. The number of benzene rings is 1. The lowest BCUT2D eigenvalue weighted by molar-refractivity contribution is -0.131. The first-order chi connectivity index (χ1) is 10.0. The third kappa shape index (κ3) is 1.73. The summed E-state index contributed by atoms with van der Waals surface area (Å²) in [6.45, 7) is 7.08. The molecule has 4 rings (SSSR count). The van der Waals surface area contributed by atoms with Crippen molar-refractivity contribution in [2.45, 2.75) is 52.4 Å². The Labute approximate surface area is 128 Å². The molecule has 21 heavy (non-hydrogen) atoms. The largest absolute Gasteiger partial charge is 0.299 e. The maximum absolute atomic E-state index is 12.5. The standard InChI is InChI=1S/C20H26O/c1-12-10-14-6-4-5-7-15(14)18-13(2)11-20(3)16(19(12)18)8-9-17(20)21/h4-7,12-13,16,18-19H,8-11H2,1-3H3/t12-,13?,16?,18?,19?,20?/m1/s1. The molecule has 2 saturated carbocycles. The zero-order chi connectivity index (χ0) is 14.8. The molecule has 0 aliphatic heterocycles. The van der Waals surface area contributed by atoms with Crippen molar-refractivity contribution in [3.8, 4) is 0 Å². The zero-order valence-electron chi connectivity index (χ0n) is 13.4. The Morgan fingerprint density at radius 1 is 1.14 bits per heavy atom. The first kappa shape index (κ1) is 13.5. The lowest BCUT2D eigenvalue weighted by atomic mass is 9.50. The molecule has 0 bridgehead atoms. The van der Waals surface area contributed by atoms with Gasteiger partial charge in [-0.3, -0.25) is 4.79 Å². The highest BCUT2D eigenvalue weighted by Gasteiger charge is 2.58. The van der Waals surface area contributed by atoms with Gasteiger partial charge in [0, 0.05) is 11.8 Å². The first-order valence-corrected chi connectivity index (χ1v) is 8.63. The average molecular weight is 282 g/mol. The predicted octanol–water partition coefficient (Wildman–Crippen LogP) is 4.60. The van der Waals surface area contributed by atoms with Crippen molar-refractivity contribution in [3.05, 3.63) is 35.4 Å². The van der Waals surface area contributed by atoms with E-state index in [2.05, 4.69) is 45.0 Å². The Kier molecular flexibility index (Phi) is 2.87. The number of fused-ring (bicyclic) bond motifs is 5. The third-order valence-corrected chi connectivity index (χ3v) is 6.99. The maximum Gasteiger partial charge on any atom is 0.139 e. The van der Waals surface area contributed by atoms with Gasteiger partial charge in [-0.2, -0.15) is 0 Å². The van der Waals surface area contributed by atoms with E-state index in [4.69, 9.17) is 0 Å². The van der Waals surface area contributed by atoms with Gasteiger partial charge in [0.1, 0.15) is 5.78 Å². The van der Waals surface area contributed by atoms with Crippen LogP contribution in [0, 0.1) is 29.1 Å². The molecule has 1 nitrogen and oxygen atoms in total. The van der Waals surface area contributed by atoms with Crippen LogP contribution in [0.4, 0.5) is 0 Å². The Morgan fingerprint density at radius 2 is 1.90 bits per heavy atom. The fourth-order valence-corrected chi connectivity index (χ4v) is 6.20. The number of carbonyl (C=O) groups is 1. The highest BCUT2D eigenvalue weighted by molar-refractivity contribution is 5.87. The van der Waals surface area contributed by atoms with Crippen LogP contribution in [0.15, 0.2) is 24.3 Å². The van der Waals surface area contributed by atoms with E-state index in [1.807, 2.05) is 0 Å². The molecular weight excluding hydrogens is 256 g/mol. The molecule has 0 aromatic heterocycles. The van der Waals surface area contributed by atoms with E-state index in [9.17, 15) is 4.79 Å². The molecular formula is C20H26O. The molecule has 0 radical (unpaired) electrons. The molecule has 3 aliphatic rings. The molecule has 3 aliphatic carbocycles. The van der Waals surface area contributed by atoms with Gasteiger partial charge in [-0.05, 0) is 60.0 Å². The molecule has 2 fully saturated rings. The normalized spacial score (nSPS) is 44.9. The van der Waals surface area contributed by atoms with Crippen LogP contribution >= 0.6 is 0 Å². The fourth-order valence-electron chi connectivity index (χ4n) is 6.20. The molecule has 1 aromatic rings. The molecule has 6 atom stereocenters. The minimum atomic E-state index is -0.0267. The van der Waals surface area contributed by atoms with Gasteiger partial charge in [0.25, 0.3) is 0 Å². The number of hydrogen-bond acceptors (Lipinski definition) is 1. The minimum Gasteiger partial charge on any atom is -0.299 e. The van der Waals surface area contributed by atoms with E-state index in [1.165, 1.54) is 6.42 Å². The summed E-state index contributed by atoms with van der Waals surface area (Å²) in [5.74, 6) is 3.89. The Morgan fingerprint density at radius 3 is 2.71 bits per heavy atom. The molecule has 0 saturated heterocycles. The summed E-state index contributed by atoms with van der Waals surface area (Å²) in [5, 5.41) is 0. The maximum atomic E-state index is 12.5. The zero-order valence-corrected chi connectivity index (χ0v) is 13.4. The summed E-state index contributed by atoms with van der Waals surface area (Å²) >= 11 is 0. The van der Waals surface area contributed by atoms with Crippen LogP contribution in [0.25, 0.3) is 0 Å². The van der Waals surface area contributed by atoms with E-state index < -0.39 is 0 Å². The molecule has 1 heteroatoms. The average Bonchev–Trinajstić information content (AvgIpc) is 2.74. The summed E-state index contributed by atoms with van der Waals surface area (Å²) in [5.41, 5.74) is 3.13. The SMILES string of the molecule is CC1CC2(C)C(=O)CCC2C2C1c1ccccc1C[C@H]2C. The molecule has 5 unspecified atom stereocenters. The van der Waals surface area contributed by atoms with Crippen molar-refractivity contribution in [1.29, 1.82) is 0 Å². The van der Waals surface area contributed by atoms with Crippen molar-refractivity contribution in [2.75, 3.05) is 0 Å². The van der Waals surface area contributed by atoms with Gasteiger partial charge in [0.15, 0.2) is 0 Å². The first-order valence-electron chi connectivity index (χ1n) is 8.63. The fraction of sp³-hybridized carbons (Fsp3) is 0.650. The van der Waals surface area contributed by atoms with Crippen LogP contribution in [0.2, 0.25) is 0 Å². The minimum absolute atomic E-state index is 0.0267. The van der Waals surface area contributed by atoms with Crippen molar-refractivity contribution < 1.29 is 4.79 Å². The van der Waals surface area contributed by atoms with Gasteiger partial charge >= 0.3 is 0 Å². The third-order valence-electron chi connectivity index (χ3n) is 6.99. The summed E-state index contributed by atoms with van der Waals surface area (Å²) in [6, 6.07) is 9.06. The Hall–Kier alpha value is -1.11. The van der Waals surface area contributed by atoms with Crippen molar-refractivity contribution in [1.82, 2.24) is 0 Å². The second-order valence-corrected chi connectivity index (χ2v) is 8.15. The smallest absolute Gasteiger partial charge is 0.139 e. The number of hydrogen-bond donors (Lipinski definition) is 0. The van der Waals surface area contributed by atoms with E-state index in [1.54, 1.807) is 11.1 Å². The molecule has 1 aromatic carbocycles. The van der Waals surface area contributed by atoms with Gasteiger partial charge in [0.05, 0.1) is 0 Å². The quantitative estimate of drug-likeness (QED) is 0.679. The van der Waals surface area contributed by atoms with Gasteiger partial charge in [-0.25, -0.2) is 0 Å². The van der Waals surface area contributed by atoms with Crippen LogP contribution in [-0.2, 0) is 11.2 Å². The Bertz CT molecular complexity index is 589. The van der Waals surface area contributed by atoms with E-state index in [-0.39, 0.29) is 5.41 Å². The van der Waals surface area contributed by atoms with E-state index >= 15 is 0 Å². The number of carbonyl (C=O) groups excluding carboxylic acids is 1. The highest BCUT2D eigenvalue weighted by Crippen LogP contribution is 2.62. The van der Waals surface area contributed by atoms with Crippen molar-refractivity contribution in [2.24, 2.45) is 29.1 Å². The number of rotatable bonds is 0. The monoisotopic (exact) mass is 282 g/mol. The lowest BCUT2D eigenvalue weighted by Gasteiger charge is -2.53. The second kappa shape index (κ2) is 4.44. The molecule has 0 amide bonds. The predicted molar refractivity (Wildman–Crippen MR) is 85.2 cm³/mol. The summed E-state index contributed by atoms with van der Waals surface area (Å²) < 4.78 is 0. The summed E-state index contributed by atoms with van der Waals surface area (Å²) in [7, 11) is 0. The van der Waals surface area contributed by atoms with Gasteiger partial charge in [-0.15, -0.1) is 0 Å². The van der Waals surface area contributed by atoms with Crippen LogP contribution in [0.1, 0.15) is 57.1 Å². The summed E-state index contributed by atoms with van der Waals surface area (Å²) in [6.07, 6.45) is 4.25. The van der Waals surface area contributed by atoms with Crippen LogP contribution in [-0.4, -0.2) is 5.78 Å². The van der Waals surface area contributed by atoms with Gasteiger partial charge < -0.3 is 0 Å². The van der Waals surface area contributed by atoms with E-state index in [0.717, 1.165) is 19.3 Å². The topological polar surface area (TPSA) is 17.1 Å². The van der Waals surface area contributed by atoms with Crippen molar-refractivity contribution in [3.63, 3.8) is 0 Å². The number of Topliss-reactive ketones (excluding diaryl/α,β-unsaturated/α-hetero) is 1. The number of ketones is 1. The molecule has 112 valence electrons. The van der Waals surface area contributed by atoms with Gasteiger partial charge in [0.2, 0.25) is 0 Å². The van der Waals surface area contributed by atoms with Crippen LogP contribution in [0.3, 0.4) is 0 Å². The molecule has 0 heterocycles. The van der Waals surface area contributed by atoms with Crippen LogP contribution < -0.4 is 0 Å². The van der Waals surface area contributed by atoms with E-state index in [0.29, 0.717) is 35.4 Å². The molecule has 0 N–H and O–H groups in total. The van der Waals surface area contributed by atoms with Gasteiger partial charge in [-0.1, -0.05) is 45.0 Å². The van der Waals surface area contributed by atoms with Crippen LogP contribution in [0.5, 0.6) is 0 Å². The van der Waals surface area contributed by atoms with Crippen molar-refractivity contribution >= 4 is 5.78 Å². The molecule has 0 spiro atoms. The highest BCUT2D eigenvalue weighted by atomic mass is 16.1. The second-order valence-electron chi connectivity index (χ2n) is 8.15. The lowest BCUT2D eigenvalue weighted by Crippen LogP contribution is -2.48. The Balaban J connectivity index is 1.83.